The molecule has 0 heterocycles. The molecule has 0 spiro atoms. The summed E-state index contributed by atoms with van der Waals surface area (Å²) in [7, 11) is 5.28. The van der Waals surface area contributed by atoms with Crippen molar-refractivity contribution in [3.63, 3.8) is 0 Å². The fourth-order valence-electron chi connectivity index (χ4n) is 0.877. The fourth-order valence-corrected chi connectivity index (χ4v) is 1.41. The van der Waals surface area contributed by atoms with E-state index in [9.17, 15) is 0 Å². The molecule has 0 bridgehead atoms. The normalized spacial score (nSPS) is 9.60. The van der Waals surface area contributed by atoms with Gasteiger partial charge in [0.1, 0.15) is 11.5 Å². The second kappa shape index (κ2) is 5.32. The van der Waals surface area contributed by atoms with Crippen molar-refractivity contribution >= 4 is 33.3 Å². The number of ether oxygens (including phenoxy) is 2. The summed E-state index contributed by atoms with van der Waals surface area (Å²) in [5.74, 6) is 1.44. The Morgan fingerprint density at radius 3 is 2.53 bits per heavy atom. The van der Waals surface area contributed by atoms with E-state index in [2.05, 4.69) is 15.9 Å². The van der Waals surface area contributed by atoms with E-state index in [0.717, 1.165) is 10.2 Å². The molecule has 0 saturated heterocycles. The molecule has 15 heavy (non-hydrogen) atoms. The van der Waals surface area contributed by atoms with Crippen LogP contribution < -0.4 is 9.47 Å². The minimum atomic E-state index is 0.417. The Morgan fingerprint density at radius 1 is 1.40 bits per heavy atom. The number of thiocarbonyl (C=S) groups is 1. The van der Waals surface area contributed by atoms with Gasteiger partial charge in [0.25, 0.3) is 5.17 Å². The van der Waals surface area contributed by atoms with Crippen LogP contribution in [0.1, 0.15) is 0 Å². The topological polar surface area (TPSA) is 21.7 Å². The van der Waals surface area contributed by atoms with Gasteiger partial charge in [0.2, 0.25) is 0 Å². The van der Waals surface area contributed by atoms with E-state index in [1.807, 2.05) is 26.2 Å². The molecule has 1 aromatic carbocycles. The summed E-state index contributed by atoms with van der Waals surface area (Å²) in [6.45, 7) is 0. The van der Waals surface area contributed by atoms with Crippen molar-refractivity contribution in [2.24, 2.45) is 0 Å². The van der Waals surface area contributed by atoms with Crippen molar-refractivity contribution in [1.29, 1.82) is 0 Å². The average molecular weight is 290 g/mol. The molecule has 82 valence electrons. The van der Waals surface area contributed by atoms with E-state index < -0.39 is 0 Å². The van der Waals surface area contributed by atoms with Crippen molar-refractivity contribution in [3.8, 4) is 11.5 Å². The molecule has 0 radical (unpaired) electrons. The summed E-state index contributed by atoms with van der Waals surface area (Å²) in [6.07, 6.45) is 0. The molecule has 0 amide bonds. The summed E-state index contributed by atoms with van der Waals surface area (Å²) in [4.78, 5) is 1.73. The van der Waals surface area contributed by atoms with E-state index in [4.69, 9.17) is 21.7 Å². The first-order valence-electron chi connectivity index (χ1n) is 4.27. The van der Waals surface area contributed by atoms with Crippen LogP contribution in [0.15, 0.2) is 22.7 Å². The Balaban J connectivity index is 2.83. The van der Waals surface area contributed by atoms with Crippen molar-refractivity contribution in [1.82, 2.24) is 4.90 Å². The predicted octanol–water partition coefficient (Wildman–Crippen LogP) is 2.68. The van der Waals surface area contributed by atoms with Crippen molar-refractivity contribution < 1.29 is 9.47 Å². The van der Waals surface area contributed by atoms with Crippen LogP contribution in [0.25, 0.3) is 0 Å². The lowest BCUT2D eigenvalue weighted by molar-refractivity contribution is 0.411. The highest BCUT2D eigenvalue weighted by Gasteiger charge is 2.07. The SMILES string of the molecule is COc1ccc(OC(=S)N(C)C)c(Br)c1. The molecule has 3 nitrogen and oxygen atoms in total. The van der Waals surface area contributed by atoms with Crippen LogP contribution in [0.3, 0.4) is 0 Å². The minimum Gasteiger partial charge on any atom is -0.497 e. The molecular formula is C10H12BrNO2S. The zero-order valence-corrected chi connectivity index (χ0v) is 11.2. The van der Waals surface area contributed by atoms with E-state index in [-0.39, 0.29) is 0 Å². The van der Waals surface area contributed by atoms with Gasteiger partial charge in [-0.2, -0.15) is 0 Å². The summed E-state index contributed by atoms with van der Waals surface area (Å²) in [5, 5.41) is 0.417. The Bertz CT molecular complexity index is 368. The highest BCUT2D eigenvalue weighted by molar-refractivity contribution is 9.10. The Hall–Kier alpha value is -0.810. The van der Waals surface area contributed by atoms with Gasteiger partial charge >= 0.3 is 0 Å². The van der Waals surface area contributed by atoms with Crippen molar-refractivity contribution in [2.75, 3.05) is 21.2 Å². The zero-order chi connectivity index (χ0) is 11.4. The lowest BCUT2D eigenvalue weighted by Gasteiger charge is -2.15. The molecule has 1 rings (SSSR count). The largest absolute Gasteiger partial charge is 0.497 e. The summed E-state index contributed by atoms with van der Waals surface area (Å²) in [6, 6.07) is 5.45. The van der Waals surface area contributed by atoms with E-state index in [0.29, 0.717) is 10.9 Å². The third-order valence-electron chi connectivity index (χ3n) is 1.70. The third kappa shape index (κ3) is 3.35. The molecule has 0 N–H and O–H groups in total. The lowest BCUT2D eigenvalue weighted by atomic mass is 10.3. The zero-order valence-electron chi connectivity index (χ0n) is 8.78. The van der Waals surface area contributed by atoms with Gasteiger partial charge in [0.05, 0.1) is 11.6 Å². The predicted molar refractivity (Wildman–Crippen MR) is 67.6 cm³/mol. The molecule has 0 aliphatic rings. The van der Waals surface area contributed by atoms with Crippen LogP contribution in [-0.4, -0.2) is 31.3 Å². The Labute approximate surface area is 103 Å². The van der Waals surface area contributed by atoms with E-state index in [1.54, 1.807) is 18.1 Å². The monoisotopic (exact) mass is 289 g/mol. The number of hydrogen-bond acceptors (Lipinski definition) is 3. The molecule has 0 saturated carbocycles. The fraction of sp³-hybridized carbons (Fsp3) is 0.300. The molecular weight excluding hydrogens is 278 g/mol. The maximum Gasteiger partial charge on any atom is 0.264 e. The van der Waals surface area contributed by atoms with E-state index in [1.165, 1.54) is 0 Å². The maximum atomic E-state index is 5.46. The van der Waals surface area contributed by atoms with Crippen LogP contribution in [0.5, 0.6) is 11.5 Å². The quantitative estimate of drug-likeness (QED) is 0.781. The van der Waals surface area contributed by atoms with Gasteiger partial charge in [-0.1, -0.05) is 0 Å². The third-order valence-corrected chi connectivity index (χ3v) is 2.77. The van der Waals surface area contributed by atoms with Crippen LogP contribution in [-0.2, 0) is 0 Å². The minimum absolute atomic E-state index is 0.417. The standard InChI is InChI=1S/C10H12BrNO2S/c1-12(2)10(15)14-9-5-4-7(13-3)6-8(9)11/h4-6H,1-3H3. The average Bonchev–Trinajstić information content (AvgIpc) is 2.20. The van der Waals surface area contributed by atoms with Crippen LogP contribution >= 0.6 is 28.1 Å². The molecule has 5 heteroatoms. The van der Waals surface area contributed by atoms with Gasteiger partial charge in [-0.15, -0.1) is 0 Å². The summed E-state index contributed by atoms with van der Waals surface area (Å²) < 4.78 is 11.3. The van der Waals surface area contributed by atoms with Crippen LogP contribution in [0.4, 0.5) is 0 Å². The smallest absolute Gasteiger partial charge is 0.264 e. The lowest BCUT2D eigenvalue weighted by Crippen LogP contribution is -2.25. The number of nitrogens with zero attached hydrogens (tertiary/aromatic N) is 1. The van der Waals surface area contributed by atoms with Crippen LogP contribution in [0.2, 0.25) is 0 Å². The van der Waals surface area contributed by atoms with Gasteiger partial charge in [0.15, 0.2) is 0 Å². The maximum absolute atomic E-state index is 5.46. The number of benzene rings is 1. The van der Waals surface area contributed by atoms with Gasteiger partial charge < -0.3 is 14.4 Å². The summed E-state index contributed by atoms with van der Waals surface area (Å²) >= 11 is 8.41. The highest BCUT2D eigenvalue weighted by atomic mass is 79.9. The molecule has 0 aromatic heterocycles. The first kappa shape index (κ1) is 12.3. The summed E-state index contributed by atoms with van der Waals surface area (Å²) in [5.41, 5.74) is 0. The number of rotatable bonds is 2. The number of methoxy groups -OCH3 is 1. The second-order valence-corrected chi connectivity index (χ2v) is 4.26. The number of halogens is 1. The van der Waals surface area contributed by atoms with Gasteiger partial charge in [-0.3, -0.25) is 0 Å². The molecule has 0 atom stereocenters. The van der Waals surface area contributed by atoms with Crippen LogP contribution in [0, 0.1) is 0 Å². The number of hydrogen-bond donors (Lipinski definition) is 0. The van der Waals surface area contributed by atoms with Gasteiger partial charge in [-0.05, 0) is 46.3 Å². The molecule has 0 aliphatic carbocycles. The molecule has 0 fully saturated rings. The first-order valence-corrected chi connectivity index (χ1v) is 5.47. The molecule has 0 unspecified atom stereocenters. The van der Waals surface area contributed by atoms with Gasteiger partial charge in [-0.25, -0.2) is 0 Å². The highest BCUT2D eigenvalue weighted by Crippen LogP contribution is 2.29. The Kier molecular flexibility index (Phi) is 4.35. The second-order valence-electron chi connectivity index (χ2n) is 3.06. The van der Waals surface area contributed by atoms with E-state index >= 15 is 0 Å². The van der Waals surface area contributed by atoms with Crippen molar-refractivity contribution in [2.45, 2.75) is 0 Å². The first-order chi connectivity index (χ1) is 7.04. The molecule has 1 aromatic rings. The molecule has 0 aliphatic heterocycles. The Morgan fingerprint density at radius 2 is 2.07 bits per heavy atom. The van der Waals surface area contributed by atoms with Gasteiger partial charge in [0, 0.05) is 14.1 Å². The van der Waals surface area contributed by atoms with Crippen molar-refractivity contribution in [3.05, 3.63) is 22.7 Å².